The predicted molar refractivity (Wildman–Crippen MR) is 79.4 cm³/mol. The van der Waals surface area contributed by atoms with Crippen LogP contribution in [0.15, 0.2) is 18.2 Å². The van der Waals surface area contributed by atoms with E-state index >= 15 is 0 Å². The van der Waals surface area contributed by atoms with Crippen LogP contribution in [0.5, 0.6) is 0 Å². The predicted octanol–water partition coefficient (Wildman–Crippen LogP) is 3.47. The lowest BCUT2D eigenvalue weighted by molar-refractivity contribution is 0.279. The van der Waals surface area contributed by atoms with Crippen molar-refractivity contribution in [2.24, 2.45) is 11.1 Å². The van der Waals surface area contributed by atoms with Crippen LogP contribution in [0.25, 0.3) is 0 Å². The molecule has 1 heterocycles. The monoisotopic (exact) mass is 266 g/mol. The van der Waals surface area contributed by atoms with Crippen LogP contribution in [0.1, 0.15) is 32.3 Å². The van der Waals surface area contributed by atoms with Crippen LogP contribution in [0.2, 0.25) is 5.02 Å². The van der Waals surface area contributed by atoms with E-state index in [4.69, 9.17) is 17.3 Å². The fraction of sp³-hybridized carbons (Fsp3) is 0.600. The van der Waals surface area contributed by atoms with Gasteiger partial charge < -0.3 is 10.6 Å². The lowest BCUT2D eigenvalue weighted by atomic mass is 9.82. The van der Waals surface area contributed by atoms with E-state index in [2.05, 4.69) is 24.8 Å². The number of nitrogens with two attached hydrogens (primary N) is 1. The van der Waals surface area contributed by atoms with E-state index in [1.165, 1.54) is 24.1 Å². The van der Waals surface area contributed by atoms with Gasteiger partial charge in [0.2, 0.25) is 0 Å². The average molecular weight is 267 g/mol. The number of piperidine rings is 1. The van der Waals surface area contributed by atoms with Gasteiger partial charge in [0.1, 0.15) is 0 Å². The minimum Gasteiger partial charge on any atom is -0.370 e. The SMILES string of the molecule is CC1(C)CCN(c2c(Cl)cccc2CCN)CC1. The number of halogens is 1. The fourth-order valence-electron chi connectivity index (χ4n) is 2.61. The number of nitrogens with zero attached hydrogens (tertiary/aromatic N) is 1. The maximum absolute atomic E-state index is 6.39. The standard InChI is InChI=1S/C15H23ClN2/c1-15(2)7-10-18(11-8-15)14-12(6-9-17)4-3-5-13(14)16/h3-5H,6-11,17H2,1-2H3. The number of anilines is 1. The van der Waals surface area contributed by atoms with Gasteiger partial charge in [-0.25, -0.2) is 0 Å². The Labute approximate surface area is 115 Å². The lowest BCUT2D eigenvalue weighted by Gasteiger charge is -2.39. The van der Waals surface area contributed by atoms with E-state index in [0.29, 0.717) is 12.0 Å². The van der Waals surface area contributed by atoms with Gasteiger partial charge in [0.05, 0.1) is 10.7 Å². The molecule has 2 nitrogen and oxygen atoms in total. The Hall–Kier alpha value is -0.730. The van der Waals surface area contributed by atoms with Crippen LogP contribution in [0.4, 0.5) is 5.69 Å². The second-order valence-electron chi connectivity index (χ2n) is 5.94. The fourth-order valence-corrected chi connectivity index (χ4v) is 2.92. The molecule has 3 heteroatoms. The summed E-state index contributed by atoms with van der Waals surface area (Å²) < 4.78 is 0. The summed E-state index contributed by atoms with van der Waals surface area (Å²) in [5.74, 6) is 0. The topological polar surface area (TPSA) is 29.3 Å². The summed E-state index contributed by atoms with van der Waals surface area (Å²) >= 11 is 6.39. The summed E-state index contributed by atoms with van der Waals surface area (Å²) in [5, 5.41) is 0.862. The van der Waals surface area contributed by atoms with Gasteiger partial charge in [0.25, 0.3) is 0 Å². The largest absolute Gasteiger partial charge is 0.370 e. The molecule has 2 rings (SSSR count). The highest BCUT2D eigenvalue weighted by atomic mass is 35.5. The maximum Gasteiger partial charge on any atom is 0.0642 e. The summed E-state index contributed by atoms with van der Waals surface area (Å²) in [7, 11) is 0. The van der Waals surface area contributed by atoms with Gasteiger partial charge in [-0.1, -0.05) is 37.6 Å². The number of rotatable bonds is 3. The van der Waals surface area contributed by atoms with Crippen LogP contribution < -0.4 is 10.6 Å². The third kappa shape index (κ3) is 2.99. The highest BCUT2D eigenvalue weighted by Crippen LogP contribution is 2.36. The van der Waals surface area contributed by atoms with Crippen LogP contribution >= 0.6 is 11.6 Å². The van der Waals surface area contributed by atoms with E-state index < -0.39 is 0 Å². The Morgan fingerprint density at radius 2 is 1.94 bits per heavy atom. The molecule has 0 aliphatic carbocycles. The number of benzene rings is 1. The Kier molecular flexibility index (Phi) is 4.18. The van der Waals surface area contributed by atoms with E-state index in [1.54, 1.807) is 0 Å². The molecule has 100 valence electrons. The van der Waals surface area contributed by atoms with E-state index in [1.807, 2.05) is 12.1 Å². The molecule has 0 unspecified atom stereocenters. The Morgan fingerprint density at radius 3 is 2.56 bits per heavy atom. The van der Waals surface area contributed by atoms with Gasteiger partial charge in [-0.3, -0.25) is 0 Å². The molecule has 0 atom stereocenters. The molecule has 1 aromatic rings. The Balaban J connectivity index is 2.22. The minimum absolute atomic E-state index is 0.464. The zero-order valence-corrected chi connectivity index (χ0v) is 12.1. The van der Waals surface area contributed by atoms with Gasteiger partial charge in [-0.2, -0.15) is 0 Å². The quantitative estimate of drug-likeness (QED) is 0.908. The number of para-hydroxylation sites is 1. The normalized spacial score (nSPS) is 19.0. The van der Waals surface area contributed by atoms with Crippen LogP contribution in [0, 0.1) is 5.41 Å². The molecule has 18 heavy (non-hydrogen) atoms. The second kappa shape index (κ2) is 5.50. The maximum atomic E-state index is 6.39. The van der Waals surface area contributed by atoms with Crippen molar-refractivity contribution in [1.82, 2.24) is 0 Å². The first-order valence-electron chi connectivity index (χ1n) is 6.76. The number of hydrogen-bond acceptors (Lipinski definition) is 2. The Morgan fingerprint density at radius 1 is 1.28 bits per heavy atom. The number of hydrogen-bond donors (Lipinski definition) is 1. The second-order valence-corrected chi connectivity index (χ2v) is 6.34. The zero-order chi connectivity index (χ0) is 13.2. The van der Waals surface area contributed by atoms with Crippen molar-refractivity contribution in [2.45, 2.75) is 33.1 Å². The third-order valence-electron chi connectivity index (χ3n) is 3.92. The lowest BCUT2D eigenvalue weighted by Crippen LogP contribution is -2.38. The first kappa shape index (κ1) is 13.7. The first-order chi connectivity index (χ1) is 8.53. The third-order valence-corrected chi connectivity index (χ3v) is 4.22. The van der Waals surface area contributed by atoms with Crippen molar-refractivity contribution in [1.29, 1.82) is 0 Å². The summed E-state index contributed by atoms with van der Waals surface area (Å²) in [5.41, 5.74) is 8.65. The van der Waals surface area contributed by atoms with Gasteiger partial charge >= 0.3 is 0 Å². The van der Waals surface area contributed by atoms with Crippen molar-refractivity contribution in [3.05, 3.63) is 28.8 Å². The molecule has 0 saturated carbocycles. The molecule has 1 aliphatic heterocycles. The smallest absolute Gasteiger partial charge is 0.0642 e. The average Bonchev–Trinajstić information content (AvgIpc) is 2.31. The summed E-state index contributed by atoms with van der Waals surface area (Å²) in [4.78, 5) is 2.43. The molecule has 0 aromatic heterocycles. The van der Waals surface area contributed by atoms with Crippen LogP contribution in [-0.2, 0) is 6.42 Å². The first-order valence-corrected chi connectivity index (χ1v) is 7.14. The van der Waals surface area contributed by atoms with E-state index in [9.17, 15) is 0 Å². The summed E-state index contributed by atoms with van der Waals surface area (Å²) in [6, 6.07) is 6.15. The van der Waals surface area contributed by atoms with Gasteiger partial charge in [-0.05, 0) is 42.9 Å². The molecule has 2 N–H and O–H groups in total. The molecule has 0 amide bonds. The van der Waals surface area contributed by atoms with Crippen LogP contribution in [-0.4, -0.2) is 19.6 Å². The van der Waals surface area contributed by atoms with Gasteiger partial charge in [0, 0.05) is 13.1 Å². The van der Waals surface area contributed by atoms with Crippen molar-refractivity contribution in [2.75, 3.05) is 24.5 Å². The Bertz CT molecular complexity index is 405. The van der Waals surface area contributed by atoms with E-state index in [0.717, 1.165) is 24.5 Å². The van der Waals surface area contributed by atoms with Crippen LogP contribution in [0.3, 0.4) is 0 Å². The highest BCUT2D eigenvalue weighted by Gasteiger charge is 2.27. The molecular weight excluding hydrogens is 244 g/mol. The zero-order valence-electron chi connectivity index (χ0n) is 11.4. The molecule has 0 spiro atoms. The summed E-state index contributed by atoms with van der Waals surface area (Å²) in [6.45, 7) is 7.55. The molecule has 1 aliphatic rings. The van der Waals surface area contributed by atoms with Crippen molar-refractivity contribution >= 4 is 17.3 Å². The highest BCUT2D eigenvalue weighted by molar-refractivity contribution is 6.33. The minimum atomic E-state index is 0.464. The molecule has 1 aromatic carbocycles. The van der Waals surface area contributed by atoms with Gasteiger partial charge in [-0.15, -0.1) is 0 Å². The van der Waals surface area contributed by atoms with Crippen molar-refractivity contribution in [3.8, 4) is 0 Å². The molecule has 0 radical (unpaired) electrons. The van der Waals surface area contributed by atoms with Crippen molar-refractivity contribution in [3.63, 3.8) is 0 Å². The molecule has 1 saturated heterocycles. The summed E-state index contributed by atoms with van der Waals surface area (Å²) in [6.07, 6.45) is 3.34. The molecule has 0 bridgehead atoms. The van der Waals surface area contributed by atoms with Gasteiger partial charge in [0.15, 0.2) is 0 Å². The van der Waals surface area contributed by atoms with Crippen molar-refractivity contribution < 1.29 is 0 Å². The van der Waals surface area contributed by atoms with E-state index in [-0.39, 0.29) is 0 Å². The molecule has 1 fully saturated rings. The molecular formula is C15H23ClN2.